The first kappa shape index (κ1) is 96.3. The maximum Gasteiger partial charge on any atom is 0.425 e. The lowest BCUT2D eigenvalue weighted by Gasteiger charge is -2.32. The van der Waals surface area contributed by atoms with Crippen LogP contribution in [0.5, 0.6) is 0 Å². The average molecular weight is 1550 g/mol. The molecule has 0 radical (unpaired) electrons. The Morgan fingerprint density at radius 1 is 0.449 bits per heavy atom. The van der Waals surface area contributed by atoms with Gasteiger partial charge >= 0.3 is 83.9 Å². The number of carbonyl (C=O) groups is 10. The van der Waals surface area contributed by atoms with Crippen molar-refractivity contribution >= 4 is 59.7 Å². The van der Waals surface area contributed by atoms with Crippen molar-refractivity contribution in [1.29, 1.82) is 0 Å². The van der Waals surface area contributed by atoms with Gasteiger partial charge in [0.25, 0.3) is 0 Å². The molecule has 0 aromatic carbocycles. The molecule has 20 nitrogen and oxygen atoms in total. The molecule has 8 aliphatic rings. The Labute approximate surface area is 623 Å². The number of rotatable bonds is 25. The Morgan fingerprint density at radius 3 is 1.10 bits per heavy atom. The predicted molar refractivity (Wildman–Crippen MR) is 371 cm³/mol. The van der Waals surface area contributed by atoms with E-state index in [-0.39, 0.29) is 108 Å². The molecule has 2 aliphatic heterocycles. The van der Waals surface area contributed by atoms with E-state index in [0.29, 0.717) is 49.2 Å². The van der Waals surface area contributed by atoms with Crippen LogP contribution in [0.3, 0.4) is 0 Å². The lowest BCUT2D eigenvalue weighted by atomic mass is 9.87. The number of hydrogen-bond acceptors (Lipinski definition) is 20. The SMILES string of the molecule is C.C=C(C)C(=O)OC(CC)C(F)(F)C(=O)OC(C)C(F)(F)F.C=C(C)C(=O)OC1(CC)CCCC1.C=C(C)C(=O)OC1C2CC3C(=O)OC1C3C2.CCC(C)(C)C(=O)OC1C2CC3C(=O)OC1C3C2.CCC(OC(=O)C(C)(C)CC)C(F)(F)C(=O)OC(C)C(F)(F)F.CCC1(OC(=O)C(C)(C)CC)CCCC1. The summed E-state index contributed by atoms with van der Waals surface area (Å²) in [5, 5.41) is 0. The Morgan fingerprint density at radius 2 is 0.776 bits per heavy atom. The summed E-state index contributed by atoms with van der Waals surface area (Å²) in [5.74, 6) is -15.4. The number of esters is 10. The van der Waals surface area contributed by atoms with Crippen LogP contribution in [0.25, 0.3) is 0 Å². The van der Waals surface area contributed by atoms with Crippen LogP contribution in [0.1, 0.15) is 254 Å². The third-order valence-corrected chi connectivity index (χ3v) is 21.7. The van der Waals surface area contributed by atoms with Gasteiger partial charge in [-0.15, -0.1) is 0 Å². The first-order valence-corrected chi connectivity index (χ1v) is 36.6. The molecule has 0 N–H and O–H groups in total. The molecule has 2 saturated heterocycles. The fraction of sp³-hybridized carbons (Fsp3) is 0.792. The van der Waals surface area contributed by atoms with Gasteiger partial charge in [-0.2, -0.15) is 43.9 Å². The van der Waals surface area contributed by atoms with Gasteiger partial charge in [0.2, 0.25) is 0 Å². The van der Waals surface area contributed by atoms with Gasteiger partial charge in [-0.05, 0) is 198 Å². The predicted octanol–water partition coefficient (Wildman–Crippen LogP) is 17.0. The first-order chi connectivity index (χ1) is 48.6. The normalized spacial score (nSPS) is 25.0. The molecule has 0 aromatic rings. The summed E-state index contributed by atoms with van der Waals surface area (Å²) in [7, 11) is 0. The maximum absolute atomic E-state index is 14.0. The van der Waals surface area contributed by atoms with E-state index in [0.717, 1.165) is 77.0 Å². The lowest BCUT2D eigenvalue weighted by molar-refractivity contribution is -0.238. The van der Waals surface area contributed by atoms with Crippen LogP contribution in [0.2, 0.25) is 0 Å². The molecule has 14 unspecified atom stereocenters. The summed E-state index contributed by atoms with van der Waals surface area (Å²) in [6, 6.07) is 0. The molecule has 4 bridgehead atoms. The largest absolute Gasteiger partial charge is 0.459 e. The molecule has 107 heavy (non-hydrogen) atoms. The molecule has 0 amide bonds. The van der Waals surface area contributed by atoms with Crippen molar-refractivity contribution < 1.29 is 139 Å². The Kier molecular flexibility index (Phi) is 34.9. The van der Waals surface area contributed by atoms with Crippen molar-refractivity contribution in [2.24, 2.45) is 51.8 Å². The van der Waals surface area contributed by atoms with Gasteiger partial charge in [-0.1, -0.05) is 75.6 Å². The highest BCUT2D eigenvalue weighted by molar-refractivity contribution is 5.89. The van der Waals surface area contributed by atoms with Crippen molar-refractivity contribution in [3.63, 3.8) is 0 Å². The molecule has 2 heterocycles. The van der Waals surface area contributed by atoms with Gasteiger partial charge in [-0.3, -0.25) is 24.0 Å². The highest BCUT2D eigenvalue weighted by Crippen LogP contribution is 2.57. The smallest absolute Gasteiger partial charge is 0.425 e. The van der Waals surface area contributed by atoms with E-state index in [1.165, 1.54) is 60.3 Å². The van der Waals surface area contributed by atoms with E-state index < -0.39 is 96.2 Å². The second kappa shape index (κ2) is 38.7. The number of ether oxygens (including phenoxy) is 10. The van der Waals surface area contributed by atoms with E-state index in [1.54, 1.807) is 20.8 Å². The third kappa shape index (κ3) is 24.9. The van der Waals surface area contributed by atoms with Gasteiger partial charge in [0.15, 0.2) is 24.4 Å². The van der Waals surface area contributed by atoms with Crippen LogP contribution < -0.4 is 0 Å². The van der Waals surface area contributed by atoms with Crippen LogP contribution in [0.4, 0.5) is 43.9 Å². The van der Waals surface area contributed by atoms with Crippen LogP contribution in [0, 0.1) is 51.8 Å². The lowest BCUT2D eigenvalue weighted by Crippen LogP contribution is -2.48. The molecule has 8 rings (SSSR count). The second-order valence-corrected chi connectivity index (χ2v) is 30.9. The fourth-order valence-corrected chi connectivity index (χ4v) is 13.0. The molecule has 8 fully saturated rings. The highest BCUT2D eigenvalue weighted by Gasteiger charge is 2.65. The number of fused-ring (bicyclic) bond motifs is 2. The van der Waals surface area contributed by atoms with Crippen LogP contribution >= 0.6 is 0 Å². The quantitative estimate of drug-likeness (QED) is 0.0356. The summed E-state index contributed by atoms with van der Waals surface area (Å²) in [4.78, 5) is 116. The van der Waals surface area contributed by atoms with Gasteiger partial charge in [-0.25, -0.2) is 24.0 Å². The molecule has 0 spiro atoms. The molecule has 6 aliphatic carbocycles. The highest BCUT2D eigenvalue weighted by atomic mass is 19.4. The summed E-state index contributed by atoms with van der Waals surface area (Å²) in [6.45, 7) is 38.5. The Hall–Kier alpha value is -6.78. The van der Waals surface area contributed by atoms with E-state index in [2.05, 4.69) is 52.5 Å². The zero-order chi connectivity index (χ0) is 81.6. The van der Waals surface area contributed by atoms with E-state index in [1.807, 2.05) is 41.5 Å². The van der Waals surface area contributed by atoms with Crippen molar-refractivity contribution in [3.8, 4) is 0 Å². The van der Waals surface area contributed by atoms with Crippen molar-refractivity contribution in [3.05, 3.63) is 36.5 Å². The summed E-state index contributed by atoms with van der Waals surface area (Å²) in [5.41, 5.74) is -1.45. The standard InChI is InChI=1S/C14H21F5O4.C14H20O4.C13H24O2.C12H15F5O4.C12H14O4.C11H18O2.CH4/c1-6-9(23-10(20)12(4,5)7-2)13(15,16)11(21)22-8(3)14(17,18)19;1-4-14(2,3)13(16)18-10-7-5-8-9(6-7)12(15)17-11(8)10;1-5-12(3,4)11(14)15-13(6-2)9-7-8-10-13;1-5-8(21-9(18)6(2)3)11(13,14)10(19)20-7(4)12(15,16)17;1-5(2)11(13)15-9-6-3-7-8(4-6)12(14)16-10(7)9;1-4-11(7-5-6-8-11)13-10(12)9(2)3;/h8-9H,6-7H2,1-5H3;7-11H,4-6H2,1-3H3;5-10H2,1-4H3;7-8H,2,5H2,1,3-4H3;6-10H,1,3-4H2,2H3;2,4-8H2,1,3H3;1H4. The van der Waals surface area contributed by atoms with Crippen LogP contribution in [0.15, 0.2) is 36.5 Å². The molecule has 30 heteroatoms. The summed E-state index contributed by atoms with van der Waals surface area (Å²) in [6.07, 6.45) is -5.30. The van der Waals surface area contributed by atoms with E-state index in [9.17, 15) is 91.8 Å². The molecular weight excluding hydrogens is 1430 g/mol. The number of halogens is 10. The van der Waals surface area contributed by atoms with Crippen LogP contribution in [-0.4, -0.2) is 144 Å². The molecule has 614 valence electrons. The van der Waals surface area contributed by atoms with Gasteiger partial charge in [0, 0.05) is 40.4 Å². The Bertz CT molecular complexity index is 3120. The second-order valence-electron chi connectivity index (χ2n) is 30.9. The molecular formula is C77H116F10O20. The topological polar surface area (TPSA) is 263 Å². The van der Waals surface area contributed by atoms with Crippen molar-refractivity contribution in [2.45, 2.75) is 338 Å². The van der Waals surface area contributed by atoms with Crippen molar-refractivity contribution in [2.75, 3.05) is 0 Å². The summed E-state index contributed by atoms with van der Waals surface area (Å²) >= 11 is 0. The van der Waals surface area contributed by atoms with E-state index >= 15 is 0 Å². The maximum atomic E-state index is 14.0. The van der Waals surface area contributed by atoms with Crippen molar-refractivity contribution in [1.82, 2.24) is 0 Å². The minimum absolute atomic E-state index is 0. The Balaban J connectivity index is 0.000000439. The molecule has 6 saturated carbocycles. The molecule has 14 atom stereocenters. The summed E-state index contributed by atoms with van der Waals surface area (Å²) < 4.78 is 178. The zero-order valence-electron chi connectivity index (χ0n) is 64.6. The van der Waals surface area contributed by atoms with Crippen LogP contribution in [-0.2, 0) is 95.3 Å². The zero-order valence-corrected chi connectivity index (χ0v) is 64.6. The van der Waals surface area contributed by atoms with Gasteiger partial charge < -0.3 is 47.4 Å². The third-order valence-electron chi connectivity index (χ3n) is 21.7. The number of hydrogen-bond donors (Lipinski definition) is 0. The minimum Gasteiger partial charge on any atom is -0.459 e. The first-order valence-electron chi connectivity index (χ1n) is 36.6. The van der Waals surface area contributed by atoms with E-state index in [4.69, 9.17) is 28.4 Å². The minimum atomic E-state index is -4.97. The average Bonchev–Trinajstić information content (AvgIpc) is 1.58. The monoisotopic (exact) mass is 1550 g/mol. The van der Waals surface area contributed by atoms with Gasteiger partial charge in [0.05, 0.1) is 28.1 Å². The molecule has 0 aromatic heterocycles. The number of carbonyl (C=O) groups excluding carboxylic acids is 10. The fourth-order valence-electron chi connectivity index (χ4n) is 13.0. The number of alkyl halides is 10. The van der Waals surface area contributed by atoms with Gasteiger partial charge in [0.1, 0.15) is 35.6 Å².